The first kappa shape index (κ1) is 28.5. The van der Waals surface area contributed by atoms with Gasteiger partial charge in [0.05, 0.1) is 40.6 Å². The van der Waals surface area contributed by atoms with E-state index in [4.69, 9.17) is 14.7 Å². The maximum Gasteiger partial charge on any atom is 0.252 e. The van der Waals surface area contributed by atoms with E-state index in [0.29, 0.717) is 13.0 Å². The van der Waals surface area contributed by atoms with Crippen molar-refractivity contribution in [3.63, 3.8) is 0 Å². The van der Waals surface area contributed by atoms with Crippen LogP contribution in [0.4, 0.5) is 0 Å². The van der Waals surface area contributed by atoms with Crippen LogP contribution in [0.5, 0.6) is 0 Å². The maximum atomic E-state index is 13.1. The fraction of sp³-hybridized carbons (Fsp3) is 0.361. The van der Waals surface area contributed by atoms with Crippen molar-refractivity contribution >= 4 is 33.9 Å². The summed E-state index contributed by atoms with van der Waals surface area (Å²) in [6.45, 7) is 2.13. The van der Waals surface area contributed by atoms with E-state index in [1.165, 1.54) is 0 Å². The summed E-state index contributed by atoms with van der Waals surface area (Å²) in [7, 11) is 0. The van der Waals surface area contributed by atoms with E-state index in [9.17, 15) is 9.59 Å². The molecule has 3 atom stereocenters. The van der Waals surface area contributed by atoms with E-state index in [1.807, 2.05) is 58.3 Å². The third-order valence-corrected chi connectivity index (χ3v) is 9.38. The van der Waals surface area contributed by atoms with Crippen LogP contribution in [0.1, 0.15) is 78.9 Å². The highest BCUT2D eigenvalue weighted by Crippen LogP contribution is 2.34. The van der Waals surface area contributed by atoms with Gasteiger partial charge in [-0.25, -0.2) is 9.97 Å². The summed E-state index contributed by atoms with van der Waals surface area (Å²) in [5.74, 6) is 8.41. The number of nitrogens with one attached hydrogen (secondary N) is 2. The lowest BCUT2D eigenvalue weighted by atomic mass is 10.1. The van der Waals surface area contributed by atoms with Gasteiger partial charge in [-0.1, -0.05) is 17.9 Å². The molecule has 6 heterocycles. The number of H-pyrrole nitrogens is 2. The van der Waals surface area contributed by atoms with E-state index in [0.717, 1.165) is 102 Å². The Balaban J connectivity index is 0.982. The number of pyridine rings is 1. The number of aromatic nitrogens is 5. The van der Waals surface area contributed by atoms with Crippen LogP contribution in [-0.4, -0.2) is 72.3 Å². The van der Waals surface area contributed by atoms with E-state index in [1.54, 1.807) is 12.4 Å². The van der Waals surface area contributed by atoms with Gasteiger partial charge in [-0.2, -0.15) is 0 Å². The highest BCUT2D eigenvalue weighted by atomic mass is 16.5. The van der Waals surface area contributed by atoms with Crippen molar-refractivity contribution in [2.75, 3.05) is 19.7 Å². The minimum absolute atomic E-state index is 0.0553. The van der Waals surface area contributed by atoms with Crippen molar-refractivity contribution < 1.29 is 14.3 Å². The molecule has 46 heavy (non-hydrogen) atoms. The average Bonchev–Trinajstić information content (AvgIpc) is 3.92. The first-order valence-corrected chi connectivity index (χ1v) is 16.2. The Hall–Kier alpha value is -5.01. The second-order valence-electron chi connectivity index (χ2n) is 12.4. The second-order valence-corrected chi connectivity index (χ2v) is 12.4. The summed E-state index contributed by atoms with van der Waals surface area (Å²) in [6.07, 6.45) is 8.91. The quantitative estimate of drug-likeness (QED) is 0.270. The molecule has 0 bridgehead atoms. The lowest BCUT2D eigenvalue weighted by Gasteiger charge is -2.25. The van der Waals surface area contributed by atoms with E-state index in [2.05, 4.69) is 26.8 Å². The fourth-order valence-corrected chi connectivity index (χ4v) is 7.07. The van der Waals surface area contributed by atoms with Crippen LogP contribution in [0, 0.1) is 11.8 Å². The first-order chi connectivity index (χ1) is 22.6. The molecule has 10 heteroatoms. The number of benzene rings is 2. The minimum atomic E-state index is -0.316. The molecule has 3 aliphatic rings. The summed E-state index contributed by atoms with van der Waals surface area (Å²) in [4.78, 5) is 50.9. The Morgan fingerprint density at radius 2 is 1.48 bits per heavy atom. The normalized spacial score (nSPS) is 21.3. The predicted molar refractivity (Wildman–Crippen MR) is 172 cm³/mol. The second kappa shape index (κ2) is 12.1. The van der Waals surface area contributed by atoms with Crippen LogP contribution in [0.15, 0.2) is 60.9 Å². The Bertz CT molecular complexity index is 1980. The SMILES string of the molecule is O=C([C@@H]1CCCO1)N1CCCC1c1nc2ccc(C#Cc3ccc4nc([C@@H]5CCCN5C(=O)Cc5cccnc5)[nH]c4c3)cc2[nH]1. The van der Waals surface area contributed by atoms with Crippen molar-refractivity contribution in [2.45, 2.75) is 63.1 Å². The zero-order valence-corrected chi connectivity index (χ0v) is 25.5. The molecule has 3 aliphatic heterocycles. The van der Waals surface area contributed by atoms with Gasteiger partial charge >= 0.3 is 0 Å². The molecule has 3 aromatic heterocycles. The van der Waals surface area contributed by atoms with Gasteiger partial charge in [0.2, 0.25) is 5.91 Å². The van der Waals surface area contributed by atoms with Crippen LogP contribution in [0.2, 0.25) is 0 Å². The minimum Gasteiger partial charge on any atom is -0.368 e. The molecule has 8 rings (SSSR count). The molecule has 0 spiro atoms. The predicted octanol–water partition coefficient (Wildman–Crippen LogP) is 4.98. The number of likely N-dealkylation sites (tertiary alicyclic amines) is 2. The molecule has 0 saturated carbocycles. The zero-order valence-electron chi connectivity index (χ0n) is 25.5. The number of amides is 2. The maximum absolute atomic E-state index is 13.1. The fourth-order valence-electron chi connectivity index (χ4n) is 7.07. The number of aromatic amines is 2. The van der Waals surface area contributed by atoms with Gasteiger partial charge in [0, 0.05) is 43.2 Å². The van der Waals surface area contributed by atoms with Crippen molar-refractivity contribution in [3.8, 4) is 11.8 Å². The number of carbonyl (C=O) groups excluding carboxylic acids is 2. The molecule has 2 N–H and O–H groups in total. The van der Waals surface area contributed by atoms with Gasteiger partial charge < -0.3 is 24.5 Å². The lowest BCUT2D eigenvalue weighted by Crippen LogP contribution is -2.38. The lowest BCUT2D eigenvalue weighted by molar-refractivity contribution is -0.142. The summed E-state index contributed by atoms with van der Waals surface area (Å²) in [6, 6.07) is 15.6. The smallest absolute Gasteiger partial charge is 0.252 e. The Labute approximate surface area is 266 Å². The molecule has 2 amide bonds. The van der Waals surface area contributed by atoms with E-state index < -0.39 is 0 Å². The van der Waals surface area contributed by atoms with Gasteiger partial charge in [0.15, 0.2) is 0 Å². The van der Waals surface area contributed by atoms with E-state index >= 15 is 0 Å². The third-order valence-electron chi connectivity index (χ3n) is 9.38. The standard InChI is InChI=1S/C36H35N7O3/c44-33(21-25-5-1-15-37-22-25)42-16-2-6-30(42)34-38-26-13-11-23(19-28(26)40-34)9-10-24-12-14-27-29(20-24)41-35(39-27)31-7-3-17-43(31)36(45)32-8-4-18-46-32/h1,5,11-15,19-20,22,30-32H,2-4,6-8,16-18,21H2,(H,38,40)(H,39,41)/t30-,31?,32-/m0/s1. The van der Waals surface area contributed by atoms with Crippen molar-refractivity contribution in [2.24, 2.45) is 0 Å². The van der Waals surface area contributed by atoms with Gasteiger partial charge in [0.25, 0.3) is 5.91 Å². The largest absolute Gasteiger partial charge is 0.368 e. The average molecular weight is 614 g/mol. The summed E-state index contributed by atoms with van der Waals surface area (Å²) >= 11 is 0. The summed E-state index contributed by atoms with van der Waals surface area (Å²) in [5.41, 5.74) is 6.20. The van der Waals surface area contributed by atoms with Crippen molar-refractivity contribution in [3.05, 3.63) is 89.3 Å². The van der Waals surface area contributed by atoms with Crippen LogP contribution in [0.25, 0.3) is 22.1 Å². The molecule has 3 fully saturated rings. The Morgan fingerprint density at radius 3 is 2.09 bits per heavy atom. The number of hydrogen-bond acceptors (Lipinski definition) is 6. The van der Waals surface area contributed by atoms with Gasteiger partial charge in [0.1, 0.15) is 17.8 Å². The molecular weight excluding hydrogens is 578 g/mol. The molecule has 0 aliphatic carbocycles. The Kier molecular flexibility index (Phi) is 7.46. The van der Waals surface area contributed by atoms with Crippen molar-refractivity contribution in [1.29, 1.82) is 0 Å². The number of hydrogen-bond donors (Lipinski definition) is 2. The molecule has 232 valence electrons. The molecular formula is C36H35N7O3. The van der Waals surface area contributed by atoms with Crippen LogP contribution in [0.3, 0.4) is 0 Å². The summed E-state index contributed by atoms with van der Waals surface area (Å²) < 4.78 is 5.67. The number of carbonyl (C=O) groups is 2. The van der Waals surface area contributed by atoms with Crippen LogP contribution in [-0.2, 0) is 20.7 Å². The molecule has 2 aromatic carbocycles. The van der Waals surface area contributed by atoms with Gasteiger partial charge in [-0.05, 0) is 86.6 Å². The molecule has 1 unspecified atom stereocenters. The number of imidazole rings is 2. The highest BCUT2D eigenvalue weighted by molar-refractivity contribution is 5.83. The highest BCUT2D eigenvalue weighted by Gasteiger charge is 2.37. The number of rotatable bonds is 5. The van der Waals surface area contributed by atoms with Crippen molar-refractivity contribution in [1.82, 2.24) is 34.7 Å². The van der Waals surface area contributed by atoms with E-state index in [-0.39, 0.29) is 30.0 Å². The topological polar surface area (TPSA) is 120 Å². The monoisotopic (exact) mass is 613 g/mol. The number of fused-ring (bicyclic) bond motifs is 2. The number of nitrogens with zero attached hydrogens (tertiary/aromatic N) is 5. The number of ether oxygens (including phenoxy) is 1. The molecule has 5 aromatic rings. The third kappa shape index (κ3) is 5.52. The molecule has 0 radical (unpaired) electrons. The zero-order chi connectivity index (χ0) is 31.0. The Morgan fingerprint density at radius 1 is 0.826 bits per heavy atom. The molecule has 3 saturated heterocycles. The van der Waals surface area contributed by atoms with Crippen LogP contribution < -0.4 is 0 Å². The molecule has 10 nitrogen and oxygen atoms in total. The summed E-state index contributed by atoms with van der Waals surface area (Å²) in [5, 5.41) is 0. The van der Waals surface area contributed by atoms with Crippen LogP contribution >= 0.6 is 0 Å². The van der Waals surface area contributed by atoms with Gasteiger partial charge in [-0.3, -0.25) is 14.6 Å². The first-order valence-electron chi connectivity index (χ1n) is 16.2. The van der Waals surface area contributed by atoms with Gasteiger partial charge in [-0.15, -0.1) is 0 Å².